The van der Waals surface area contributed by atoms with E-state index in [2.05, 4.69) is 29.6 Å². The Balaban J connectivity index is 1.13. The Morgan fingerprint density at radius 1 is 1.00 bits per heavy atom. The molecule has 35 heavy (non-hydrogen) atoms. The first kappa shape index (κ1) is 23.4. The minimum absolute atomic E-state index is 0.0131. The summed E-state index contributed by atoms with van der Waals surface area (Å²) in [6.45, 7) is 0.872. The second-order valence-electron chi connectivity index (χ2n) is 9.65. The zero-order chi connectivity index (χ0) is 24.4. The van der Waals surface area contributed by atoms with Gasteiger partial charge in [0.1, 0.15) is 13.2 Å². The molecule has 3 aliphatic rings. The lowest BCUT2D eigenvalue weighted by Crippen LogP contribution is -2.57. The van der Waals surface area contributed by atoms with Crippen LogP contribution in [0.4, 0.5) is 4.79 Å². The lowest BCUT2D eigenvalue weighted by molar-refractivity contribution is -0.156. The van der Waals surface area contributed by atoms with Crippen LogP contribution >= 0.6 is 0 Å². The Bertz CT molecular complexity index is 1060. The van der Waals surface area contributed by atoms with Gasteiger partial charge in [0.2, 0.25) is 5.91 Å². The van der Waals surface area contributed by atoms with Gasteiger partial charge in [-0.25, -0.2) is 9.59 Å². The van der Waals surface area contributed by atoms with Crippen molar-refractivity contribution in [2.75, 3.05) is 32.8 Å². The van der Waals surface area contributed by atoms with Gasteiger partial charge in [0.25, 0.3) is 0 Å². The number of amides is 2. The summed E-state index contributed by atoms with van der Waals surface area (Å²) in [5.74, 6) is -0.849. The van der Waals surface area contributed by atoms with Gasteiger partial charge < -0.3 is 24.8 Å². The zero-order valence-corrected chi connectivity index (χ0v) is 19.5. The topological polar surface area (TPSA) is 105 Å². The highest BCUT2D eigenvalue weighted by molar-refractivity contribution is 5.81. The van der Waals surface area contributed by atoms with Gasteiger partial charge >= 0.3 is 12.1 Å². The number of hydrogen-bond acceptors (Lipinski definition) is 5. The van der Waals surface area contributed by atoms with E-state index >= 15 is 0 Å². The van der Waals surface area contributed by atoms with Gasteiger partial charge in [-0.1, -0.05) is 61.4 Å². The molecule has 2 aliphatic carbocycles. The van der Waals surface area contributed by atoms with E-state index in [-0.39, 0.29) is 43.6 Å². The van der Waals surface area contributed by atoms with Crippen molar-refractivity contribution in [3.63, 3.8) is 0 Å². The molecule has 1 unspecified atom stereocenters. The first-order valence-electron chi connectivity index (χ1n) is 12.2. The zero-order valence-electron chi connectivity index (χ0n) is 19.5. The quantitative estimate of drug-likeness (QED) is 0.543. The average molecular weight is 479 g/mol. The van der Waals surface area contributed by atoms with Crippen LogP contribution < -0.4 is 5.32 Å². The van der Waals surface area contributed by atoms with E-state index in [4.69, 9.17) is 14.6 Å². The number of fused-ring (bicyclic) bond motifs is 3. The van der Waals surface area contributed by atoms with Crippen LogP contribution in [0.3, 0.4) is 0 Å². The number of rotatable bonds is 10. The minimum Gasteiger partial charge on any atom is -0.480 e. The molecule has 0 aromatic heterocycles. The molecule has 8 nitrogen and oxygen atoms in total. The summed E-state index contributed by atoms with van der Waals surface area (Å²) in [5, 5.41) is 11.5. The Morgan fingerprint density at radius 3 is 2.23 bits per heavy atom. The summed E-state index contributed by atoms with van der Waals surface area (Å²) in [5.41, 5.74) is 4.65. The van der Waals surface area contributed by atoms with Crippen molar-refractivity contribution in [1.82, 2.24) is 10.2 Å². The number of carbonyl (C=O) groups excluding carboxylic acids is 2. The molecule has 2 aromatic carbocycles. The van der Waals surface area contributed by atoms with E-state index in [9.17, 15) is 14.4 Å². The second kappa shape index (κ2) is 10.1. The molecule has 1 heterocycles. The number of nitrogens with one attached hydrogen (secondary N) is 1. The molecule has 2 fully saturated rings. The van der Waals surface area contributed by atoms with Gasteiger partial charge in [-0.05, 0) is 34.6 Å². The van der Waals surface area contributed by atoms with Gasteiger partial charge in [0, 0.05) is 25.6 Å². The Labute approximate surface area is 204 Å². The fourth-order valence-electron chi connectivity index (χ4n) is 5.05. The largest absolute Gasteiger partial charge is 0.480 e. The summed E-state index contributed by atoms with van der Waals surface area (Å²) in [6.07, 6.45) is 2.19. The molecule has 1 aliphatic heterocycles. The van der Waals surface area contributed by atoms with Gasteiger partial charge in [0.05, 0.1) is 12.0 Å². The highest BCUT2D eigenvalue weighted by atomic mass is 16.5. The van der Waals surface area contributed by atoms with Crippen molar-refractivity contribution in [2.45, 2.75) is 31.3 Å². The number of alkyl carbamates (subject to hydrolysis) is 1. The maximum atomic E-state index is 13.0. The van der Waals surface area contributed by atoms with Crippen LogP contribution in [0.5, 0.6) is 0 Å². The number of carbonyl (C=O) groups is 3. The molecule has 5 rings (SSSR count). The fourth-order valence-corrected chi connectivity index (χ4v) is 5.05. The van der Waals surface area contributed by atoms with E-state index < -0.39 is 12.1 Å². The molecule has 1 atom stereocenters. The molecule has 2 amide bonds. The molecule has 0 radical (unpaired) electrons. The predicted octanol–water partition coefficient (Wildman–Crippen LogP) is 3.25. The van der Waals surface area contributed by atoms with Crippen LogP contribution in [0, 0.1) is 11.8 Å². The standard InChI is InChI=1S/C27H30N2O6/c30-25(31)16-34-19-13-29(14-19)26(32)18(11-17-9-10-17)12-28-27(33)35-15-24-22-7-3-1-5-20(22)21-6-2-4-8-23(21)24/h1-8,17-19,24H,9-16H2,(H,28,33)(H,30,31). The minimum atomic E-state index is -1.02. The Morgan fingerprint density at radius 2 is 1.63 bits per heavy atom. The number of aliphatic carboxylic acids is 1. The monoisotopic (exact) mass is 478 g/mol. The lowest BCUT2D eigenvalue weighted by Gasteiger charge is -2.40. The van der Waals surface area contributed by atoms with E-state index in [0.29, 0.717) is 19.0 Å². The first-order valence-corrected chi connectivity index (χ1v) is 12.2. The van der Waals surface area contributed by atoms with Crippen LogP contribution in [-0.2, 0) is 19.1 Å². The van der Waals surface area contributed by atoms with E-state index in [0.717, 1.165) is 30.4 Å². The van der Waals surface area contributed by atoms with Crippen LogP contribution in [0.15, 0.2) is 48.5 Å². The van der Waals surface area contributed by atoms with E-state index in [1.807, 2.05) is 24.3 Å². The Hall–Kier alpha value is -3.39. The summed E-state index contributed by atoms with van der Waals surface area (Å²) in [4.78, 5) is 37.9. The van der Waals surface area contributed by atoms with Crippen LogP contribution in [0.25, 0.3) is 11.1 Å². The van der Waals surface area contributed by atoms with E-state index in [1.54, 1.807) is 4.90 Å². The number of benzene rings is 2. The SMILES string of the molecule is O=C(O)COC1CN(C(=O)C(CNC(=O)OCC2c3ccccc3-c3ccccc32)CC2CC2)C1. The van der Waals surface area contributed by atoms with Crippen molar-refractivity contribution in [1.29, 1.82) is 0 Å². The molecule has 184 valence electrons. The smallest absolute Gasteiger partial charge is 0.407 e. The second-order valence-corrected chi connectivity index (χ2v) is 9.65. The fraction of sp³-hybridized carbons (Fsp3) is 0.444. The third-order valence-electron chi connectivity index (χ3n) is 7.10. The summed E-state index contributed by atoms with van der Waals surface area (Å²) in [6, 6.07) is 16.4. The van der Waals surface area contributed by atoms with Gasteiger partial charge in [0.15, 0.2) is 0 Å². The van der Waals surface area contributed by atoms with Crippen LogP contribution in [0.1, 0.15) is 36.3 Å². The highest BCUT2D eigenvalue weighted by Gasteiger charge is 2.38. The number of hydrogen-bond donors (Lipinski definition) is 2. The number of carboxylic acids is 1. The molecule has 1 saturated carbocycles. The van der Waals surface area contributed by atoms with Crippen molar-refractivity contribution in [3.8, 4) is 11.1 Å². The van der Waals surface area contributed by atoms with Gasteiger partial charge in [-0.2, -0.15) is 0 Å². The molecule has 1 saturated heterocycles. The van der Waals surface area contributed by atoms with E-state index in [1.165, 1.54) is 11.1 Å². The molecular formula is C27H30N2O6. The molecular weight excluding hydrogens is 448 g/mol. The van der Waals surface area contributed by atoms with Crippen molar-refractivity contribution in [2.24, 2.45) is 11.8 Å². The number of carboxylic acid groups (broad SMARTS) is 1. The number of nitrogens with zero attached hydrogens (tertiary/aromatic N) is 1. The summed E-state index contributed by atoms with van der Waals surface area (Å²) < 4.78 is 10.9. The third kappa shape index (κ3) is 5.32. The van der Waals surface area contributed by atoms with Crippen molar-refractivity contribution < 1.29 is 29.0 Å². The lowest BCUT2D eigenvalue weighted by atomic mass is 9.98. The summed E-state index contributed by atoms with van der Waals surface area (Å²) >= 11 is 0. The van der Waals surface area contributed by atoms with Crippen molar-refractivity contribution in [3.05, 3.63) is 59.7 Å². The molecule has 0 spiro atoms. The maximum absolute atomic E-state index is 13.0. The molecule has 2 N–H and O–H groups in total. The average Bonchev–Trinajstić information content (AvgIpc) is 3.59. The highest BCUT2D eigenvalue weighted by Crippen LogP contribution is 2.44. The van der Waals surface area contributed by atoms with Gasteiger partial charge in [-0.15, -0.1) is 0 Å². The normalized spacial score (nSPS) is 17.8. The van der Waals surface area contributed by atoms with Crippen molar-refractivity contribution >= 4 is 18.0 Å². The molecule has 0 bridgehead atoms. The predicted molar refractivity (Wildman–Crippen MR) is 128 cm³/mol. The molecule has 2 aromatic rings. The first-order chi connectivity index (χ1) is 17.0. The third-order valence-corrected chi connectivity index (χ3v) is 7.10. The van der Waals surface area contributed by atoms with Gasteiger partial charge in [-0.3, -0.25) is 4.79 Å². The number of ether oxygens (including phenoxy) is 2. The number of likely N-dealkylation sites (tertiary alicyclic amines) is 1. The van der Waals surface area contributed by atoms with Crippen LogP contribution in [-0.4, -0.2) is 66.9 Å². The Kier molecular flexibility index (Phi) is 6.72. The summed E-state index contributed by atoms with van der Waals surface area (Å²) in [7, 11) is 0. The maximum Gasteiger partial charge on any atom is 0.407 e. The molecule has 8 heteroatoms. The van der Waals surface area contributed by atoms with Crippen LogP contribution in [0.2, 0.25) is 0 Å².